The molecule has 0 aromatic carbocycles. The van der Waals surface area contributed by atoms with Crippen LogP contribution in [0.3, 0.4) is 0 Å². The van der Waals surface area contributed by atoms with Crippen LogP contribution in [0.1, 0.15) is 44.2 Å². The number of aliphatic hydroxyl groups is 1. The lowest BCUT2D eigenvalue weighted by Crippen LogP contribution is -3.20. The minimum absolute atomic E-state index is 0.0643. The summed E-state index contributed by atoms with van der Waals surface area (Å²) in [6.07, 6.45) is 9.45. The molecule has 4 fully saturated rings. The first kappa shape index (κ1) is 18.2. The molecule has 8 nitrogen and oxygen atoms in total. The Labute approximate surface area is 168 Å². The number of anilines is 1. The number of rotatable bonds is 5. The van der Waals surface area contributed by atoms with E-state index in [1.54, 1.807) is 6.20 Å². The molecule has 9 heteroatoms. The van der Waals surface area contributed by atoms with Crippen molar-refractivity contribution in [2.24, 2.45) is 11.8 Å². The van der Waals surface area contributed by atoms with Crippen LogP contribution in [0.25, 0.3) is 0 Å². The summed E-state index contributed by atoms with van der Waals surface area (Å²) in [5.74, 6) is 0.598. The summed E-state index contributed by atoms with van der Waals surface area (Å²) < 4.78 is 1.90. The van der Waals surface area contributed by atoms with Crippen molar-refractivity contribution in [1.29, 1.82) is 0 Å². The van der Waals surface area contributed by atoms with Gasteiger partial charge in [-0.2, -0.15) is 0 Å². The van der Waals surface area contributed by atoms with Crippen LogP contribution < -0.4 is 10.2 Å². The van der Waals surface area contributed by atoms with Gasteiger partial charge in [0, 0.05) is 24.4 Å². The molecule has 1 aliphatic carbocycles. The number of fused-ring (bicyclic) bond motifs is 3. The maximum atomic E-state index is 12.7. The number of hydrogen-bond donors (Lipinski definition) is 3. The number of nitrogens with one attached hydrogen (secondary N) is 2. The van der Waals surface area contributed by atoms with Gasteiger partial charge in [-0.05, 0) is 18.8 Å². The van der Waals surface area contributed by atoms with Crippen molar-refractivity contribution in [2.45, 2.75) is 56.7 Å². The van der Waals surface area contributed by atoms with Crippen LogP contribution in [-0.2, 0) is 16.9 Å². The second-order valence-corrected chi connectivity index (χ2v) is 9.49. The quantitative estimate of drug-likeness (QED) is 0.673. The van der Waals surface area contributed by atoms with Gasteiger partial charge in [0.1, 0.15) is 17.3 Å². The summed E-state index contributed by atoms with van der Waals surface area (Å²) in [6, 6.07) is 0.454. The van der Waals surface area contributed by atoms with Crippen molar-refractivity contribution in [1.82, 2.24) is 20.0 Å². The van der Waals surface area contributed by atoms with Gasteiger partial charge in [0.05, 0.1) is 31.7 Å². The van der Waals surface area contributed by atoms with Crippen LogP contribution in [-0.4, -0.2) is 50.1 Å². The molecule has 2 bridgehead atoms. The molecule has 4 aliphatic rings. The molecule has 28 heavy (non-hydrogen) atoms. The lowest BCUT2D eigenvalue weighted by Gasteiger charge is -2.46. The van der Waals surface area contributed by atoms with E-state index in [2.05, 4.69) is 20.6 Å². The number of carbonyl (C=O) groups excluding carboxylic acids is 1. The second kappa shape index (κ2) is 7.20. The fourth-order valence-corrected chi connectivity index (χ4v) is 5.88. The van der Waals surface area contributed by atoms with Crippen molar-refractivity contribution in [3.63, 3.8) is 0 Å². The molecule has 1 unspecified atom stereocenters. The summed E-state index contributed by atoms with van der Waals surface area (Å²) in [4.78, 5) is 18.3. The topological polar surface area (TPSA) is 97.4 Å². The van der Waals surface area contributed by atoms with Crippen molar-refractivity contribution in [2.75, 3.05) is 18.4 Å². The van der Waals surface area contributed by atoms with E-state index in [1.807, 2.05) is 16.3 Å². The first-order valence-electron chi connectivity index (χ1n) is 10.3. The van der Waals surface area contributed by atoms with Gasteiger partial charge in [-0.1, -0.05) is 18.1 Å². The van der Waals surface area contributed by atoms with E-state index in [-0.39, 0.29) is 11.8 Å². The highest BCUT2D eigenvalue weighted by Gasteiger charge is 2.47. The van der Waals surface area contributed by atoms with Crippen molar-refractivity contribution >= 4 is 22.4 Å². The van der Waals surface area contributed by atoms with Gasteiger partial charge >= 0.3 is 0 Å². The lowest BCUT2D eigenvalue weighted by molar-refractivity contribution is -0.945. The second-order valence-electron chi connectivity index (χ2n) is 8.59. The summed E-state index contributed by atoms with van der Waals surface area (Å²) in [6.45, 7) is 2.79. The Morgan fingerprint density at radius 1 is 1.43 bits per heavy atom. The Bertz CT molecular complexity index is 831. The molecule has 3 aliphatic heterocycles. The molecule has 2 aromatic rings. The lowest BCUT2D eigenvalue weighted by atomic mass is 9.75. The Balaban J connectivity index is 1.22. The van der Waals surface area contributed by atoms with Gasteiger partial charge in [-0.15, -0.1) is 16.4 Å². The number of amides is 1. The summed E-state index contributed by atoms with van der Waals surface area (Å²) in [5, 5.41) is 24.8. The largest absolute Gasteiger partial charge is 0.383 e. The normalized spacial score (nSPS) is 31.2. The first-order valence-corrected chi connectivity index (χ1v) is 11.2. The average molecular weight is 404 g/mol. The third kappa shape index (κ3) is 3.35. The highest BCUT2D eigenvalue weighted by atomic mass is 32.1. The number of quaternary nitrogens is 1. The van der Waals surface area contributed by atoms with Gasteiger partial charge < -0.3 is 15.3 Å². The Morgan fingerprint density at radius 3 is 3.00 bits per heavy atom. The first-order chi connectivity index (χ1) is 13.6. The van der Waals surface area contributed by atoms with Crippen molar-refractivity contribution in [3.05, 3.63) is 23.5 Å². The van der Waals surface area contributed by atoms with Crippen molar-refractivity contribution < 1.29 is 14.8 Å². The minimum atomic E-state index is -0.782. The van der Waals surface area contributed by atoms with Gasteiger partial charge in [0.2, 0.25) is 5.91 Å². The van der Waals surface area contributed by atoms with Crippen LogP contribution in [0.4, 0.5) is 5.13 Å². The monoisotopic (exact) mass is 403 g/mol. The van der Waals surface area contributed by atoms with Crippen LogP contribution >= 0.6 is 11.3 Å². The zero-order valence-corrected chi connectivity index (χ0v) is 16.7. The number of carbonyl (C=O) groups is 1. The zero-order chi connectivity index (χ0) is 19.1. The van der Waals surface area contributed by atoms with Gasteiger partial charge in [-0.3, -0.25) is 4.79 Å². The maximum absolute atomic E-state index is 12.7. The predicted octanol–water partition coefficient (Wildman–Crippen LogP) is 0.428. The molecule has 3 saturated heterocycles. The summed E-state index contributed by atoms with van der Waals surface area (Å²) >= 11 is 1.46. The average Bonchev–Trinajstić information content (AvgIpc) is 3.45. The van der Waals surface area contributed by atoms with E-state index in [4.69, 9.17) is 0 Å². The van der Waals surface area contributed by atoms with Crippen LogP contribution in [0.2, 0.25) is 0 Å². The van der Waals surface area contributed by atoms with E-state index >= 15 is 0 Å². The minimum Gasteiger partial charge on any atom is -0.383 e. The van der Waals surface area contributed by atoms with Crippen LogP contribution in [0.15, 0.2) is 17.8 Å². The fraction of sp³-hybridized carbons (Fsp3) is 0.684. The van der Waals surface area contributed by atoms with Gasteiger partial charge in [-0.25, -0.2) is 9.67 Å². The number of nitrogens with zero attached hydrogens (tertiary/aromatic N) is 4. The molecule has 4 atom stereocenters. The molecule has 5 heterocycles. The fourth-order valence-electron chi connectivity index (χ4n) is 5.34. The standard InChI is InChI=1S/C19H26N6O2S/c26-17(21-18-20-6-8-28-18)15-11-24-7-3-13(15)9-14(24)10-25-12-16(22-23-25)19(27)4-1-2-5-19/h6,8,12-15,27H,1-5,7,9-11H2,(H,20,21,26)/p+1/t13-,14-,15+/m1/s1. The predicted molar refractivity (Wildman–Crippen MR) is 104 cm³/mol. The zero-order valence-electron chi connectivity index (χ0n) is 15.9. The Kier molecular flexibility index (Phi) is 4.68. The number of piperidine rings is 3. The molecule has 0 radical (unpaired) electrons. The van der Waals surface area contributed by atoms with E-state index in [9.17, 15) is 9.90 Å². The van der Waals surface area contributed by atoms with Crippen molar-refractivity contribution in [3.8, 4) is 0 Å². The molecule has 1 amide bonds. The van der Waals surface area contributed by atoms with E-state index in [0.29, 0.717) is 17.1 Å². The summed E-state index contributed by atoms with van der Waals surface area (Å²) in [7, 11) is 0. The van der Waals surface area contributed by atoms with Crippen LogP contribution in [0.5, 0.6) is 0 Å². The Hall–Kier alpha value is -1.84. The van der Waals surface area contributed by atoms with E-state index in [1.165, 1.54) is 16.2 Å². The number of thiazole rings is 1. The molecule has 0 spiro atoms. The molecule has 6 rings (SSSR count). The third-order valence-electron chi connectivity index (χ3n) is 6.90. The van der Waals surface area contributed by atoms with Gasteiger partial charge in [0.15, 0.2) is 5.13 Å². The molecule has 150 valence electrons. The molecule has 1 saturated carbocycles. The summed E-state index contributed by atoms with van der Waals surface area (Å²) in [5.41, 5.74) is -0.0626. The van der Waals surface area contributed by atoms with Gasteiger partial charge in [0.25, 0.3) is 0 Å². The highest BCUT2D eigenvalue weighted by Crippen LogP contribution is 2.37. The Morgan fingerprint density at radius 2 is 2.29 bits per heavy atom. The SMILES string of the molecule is O=C(Nc1nccs1)[C@H]1C[NH+]2CC[C@@H]1C[C@@H]2Cn1cc(C2(O)CCCC2)nn1. The van der Waals surface area contributed by atoms with Crippen LogP contribution in [0, 0.1) is 11.8 Å². The third-order valence-corrected chi connectivity index (χ3v) is 7.59. The highest BCUT2D eigenvalue weighted by molar-refractivity contribution is 7.13. The molecular formula is C19H27N6O2S+. The number of aromatic nitrogens is 4. The van der Waals surface area contributed by atoms with E-state index in [0.717, 1.165) is 63.9 Å². The molecule has 3 N–H and O–H groups in total. The molecule has 2 aromatic heterocycles. The van der Waals surface area contributed by atoms with E-state index < -0.39 is 5.60 Å². The maximum Gasteiger partial charge on any atom is 0.235 e. The molecular weight excluding hydrogens is 376 g/mol. The smallest absolute Gasteiger partial charge is 0.235 e. The number of hydrogen-bond acceptors (Lipinski definition) is 6.